The Morgan fingerprint density at radius 1 is 1.45 bits per heavy atom. The summed E-state index contributed by atoms with van der Waals surface area (Å²) in [6.07, 6.45) is 0.413. The Hall–Kier alpha value is -1.31. The number of β-amino-alcohol motifs (C(OH)–C–C–N with tert-alkyl or cyclic N) is 1. The maximum absolute atomic E-state index is 12.6. The lowest BCUT2D eigenvalue weighted by Gasteiger charge is -2.20. The highest BCUT2D eigenvalue weighted by atomic mass is 32.2. The first-order valence-electron chi connectivity index (χ1n) is 6.34. The third-order valence-corrected chi connectivity index (χ3v) is 5.45. The molecule has 2 rings (SSSR count). The van der Waals surface area contributed by atoms with Crippen LogP contribution < -0.4 is 10.5 Å². The highest BCUT2D eigenvalue weighted by Crippen LogP contribution is 2.34. The molecule has 1 aromatic rings. The number of nitrogens with zero attached hydrogens (tertiary/aromatic N) is 1. The van der Waals surface area contributed by atoms with Gasteiger partial charge in [0.2, 0.25) is 10.0 Å². The van der Waals surface area contributed by atoms with Gasteiger partial charge in [-0.1, -0.05) is 0 Å². The van der Waals surface area contributed by atoms with Crippen LogP contribution in [0.15, 0.2) is 17.0 Å². The Labute approximate surface area is 119 Å². The van der Waals surface area contributed by atoms with Gasteiger partial charge < -0.3 is 15.6 Å². The zero-order valence-corrected chi connectivity index (χ0v) is 12.7. The van der Waals surface area contributed by atoms with Gasteiger partial charge in [0, 0.05) is 18.8 Å². The van der Waals surface area contributed by atoms with Gasteiger partial charge in [0.15, 0.2) is 0 Å². The number of aryl methyl sites for hydroxylation is 1. The number of sulfonamides is 1. The first kappa shape index (κ1) is 15.1. The summed E-state index contributed by atoms with van der Waals surface area (Å²) < 4.78 is 31.7. The second-order valence-electron chi connectivity index (χ2n) is 5.45. The SMILES string of the molecule is COc1cc(C)c(N)cc1S(=O)(=O)N1CCC(C)(O)C1. The van der Waals surface area contributed by atoms with Crippen molar-refractivity contribution in [2.24, 2.45) is 0 Å². The highest BCUT2D eigenvalue weighted by molar-refractivity contribution is 7.89. The number of anilines is 1. The molecule has 0 spiro atoms. The largest absolute Gasteiger partial charge is 0.495 e. The number of nitrogen functional groups attached to an aromatic ring is 1. The number of benzene rings is 1. The number of methoxy groups -OCH3 is 1. The summed E-state index contributed by atoms with van der Waals surface area (Å²) in [6.45, 7) is 3.77. The van der Waals surface area contributed by atoms with Crippen LogP contribution in [-0.2, 0) is 10.0 Å². The monoisotopic (exact) mass is 300 g/mol. The van der Waals surface area contributed by atoms with Gasteiger partial charge >= 0.3 is 0 Å². The summed E-state index contributed by atoms with van der Waals surface area (Å²) in [4.78, 5) is 0.0424. The Kier molecular flexibility index (Phi) is 3.70. The Morgan fingerprint density at radius 3 is 2.60 bits per heavy atom. The number of nitrogens with two attached hydrogens (primary N) is 1. The summed E-state index contributed by atoms with van der Waals surface area (Å²) in [6, 6.07) is 3.02. The molecule has 1 saturated heterocycles. The van der Waals surface area contributed by atoms with E-state index in [9.17, 15) is 13.5 Å². The van der Waals surface area contributed by atoms with E-state index in [2.05, 4.69) is 0 Å². The van der Waals surface area contributed by atoms with E-state index in [1.807, 2.05) is 0 Å². The minimum absolute atomic E-state index is 0.0424. The third-order valence-electron chi connectivity index (χ3n) is 3.59. The Balaban J connectivity index is 2.47. The van der Waals surface area contributed by atoms with Crippen molar-refractivity contribution < 1.29 is 18.3 Å². The van der Waals surface area contributed by atoms with E-state index < -0.39 is 15.6 Å². The van der Waals surface area contributed by atoms with Crippen molar-refractivity contribution in [3.8, 4) is 5.75 Å². The molecule has 1 atom stereocenters. The number of hydrogen-bond donors (Lipinski definition) is 2. The smallest absolute Gasteiger partial charge is 0.246 e. The molecule has 6 nitrogen and oxygen atoms in total. The lowest BCUT2D eigenvalue weighted by Crippen LogP contribution is -2.34. The van der Waals surface area contributed by atoms with Crippen LogP contribution in [0.4, 0.5) is 5.69 Å². The van der Waals surface area contributed by atoms with Crippen molar-refractivity contribution in [3.63, 3.8) is 0 Å². The van der Waals surface area contributed by atoms with Crippen LogP contribution in [-0.4, -0.2) is 43.6 Å². The lowest BCUT2D eigenvalue weighted by molar-refractivity contribution is 0.0762. The normalized spacial score (nSPS) is 24.0. The second-order valence-corrected chi connectivity index (χ2v) is 7.35. The van der Waals surface area contributed by atoms with E-state index in [1.165, 1.54) is 17.5 Å². The molecule has 0 radical (unpaired) electrons. The zero-order chi connectivity index (χ0) is 15.1. The average Bonchev–Trinajstić information content (AvgIpc) is 2.73. The number of aliphatic hydroxyl groups is 1. The van der Waals surface area contributed by atoms with Crippen molar-refractivity contribution >= 4 is 15.7 Å². The van der Waals surface area contributed by atoms with Gasteiger partial charge in [0.1, 0.15) is 10.6 Å². The molecule has 20 heavy (non-hydrogen) atoms. The molecule has 0 bridgehead atoms. The van der Waals surface area contributed by atoms with Gasteiger partial charge in [-0.2, -0.15) is 4.31 Å². The molecule has 1 aliphatic heterocycles. The molecule has 0 aromatic heterocycles. The van der Waals surface area contributed by atoms with Crippen LogP contribution in [0.25, 0.3) is 0 Å². The fourth-order valence-electron chi connectivity index (χ4n) is 2.29. The molecule has 0 amide bonds. The van der Waals surface area contributed by atoms with Gasteiger partial charge in [-0.3, -0.25) is 0 Å². The summed E-state index contributed by atoms with van der Waals surface area (Å²) in [7, 11) is -2.30. The van der Waals surface area contributed by atoms with E-state index in [4.69, 9.17) is 10.5 Å². The molecule has 1 fully saturated rings. The molecule has 1 aliphatic rings. The second kappa shape index (κ2) is 4.91. The maximum atomic E-state index is 12.6. The van der Waals surface area contributed by atoms with Crippen LogP contribution >= 0.6 is 0 Å². The van der Waals surface area contributed by atoms with E-state index in [-0.39, 0.29) is 23.7 Å². The van der Waals surface area contributed by atoms with Gasteiger partial charge in [0.05, 0.1) is 12.7 Å². The summed E-state index contributed by atoms with van der Waals surface area (Å²) in [5.74, 6) is 0.267. The predicted molar refractivity (Wildman–Crippen MR) is 76.1 cm³/mol. The van der Waals surface area contributed by atoms with E-state index in [0.717, 1.165) is 5.56 Å². The van der Waals surface area contributed by atoms with E-state index in [0.29, 0.717) is 12.1 Å². The molecule has 1 unspecified atom stereocenters. The fourth-order valence-corrected chi connectivity index (χ4v) is 4.02. The zero-order valence-electron chi connectivity index (χ0n) is 11.9. The minimum Gasteiger partial charge on any atom is -0.495 e. The predicted octanol–water partition coefficient (Wildman–Crippen LogP) is 0.731. The number of rotatable bonds is 3. The summed E-state index contributed by atoms with van der Waals surface area (Å²) >= 11 is 0. The van der Waals surface area contributed by atoms with Crippen LogP contribution in [0.2, 0.25) is 0 Å². The first-order chi connectivity index (χ1) is 9.17. The van der Waals surface area contributed by atoms with Gasteiger partial charge in [-0.25, -0.2) is 8.42 Å². The van der Waals surface area contributed by atoms with Crippen LogP contribution in [0.1, 0.15) is 18.9 Å². The van der Waals surface area contributed by atoms with Crippen LogP contribution in [0.3, 0.4) is 0 Å². The fraction of sp³-hybridized carbons (Fsp3) is 0.538. The van der Waals surface area contributed by atoms with Crippen molar-refractivity contribution in [2.75, 3.05) is 25.9 Å². The van der Waals surface area contributed by atoms with Crippen molar-refractivity contribution in [1.29, 1.82) is 0 Å². The molecule has 0 saturated carbocycles. The number of ether oxygens (including phenoxy) is 1. The maximum Gasteiger partial charge on any atom is 0.246 e. The minimum atomic E-state index is -3.72. The molecule has 112 valence electrons. The molecular formula is C13H20N2O4S. The van der Waals surface area contributed by atoms with Crippen LogP contribution in [0, 0.1) is 6.92 Å². The van der Waals surface area contributed by atoms with Crippen molar-refractivity contribution in [2.45, 2.75) is 30.8 Å². The highest BCUT2D eigenvalue weighted by Gasteiger charge is 2.39. The summed E-state index contributed by atoms with van der Waals surface area (Å²) in [5, 5.41) is 9.94. The molecule has 1 heterocycles. The summed E-state index contributed by atoms with van der Waals surface area (Å²) in [5.41, 5.74) is 5.97. The van der Waals surface area contributed by atoms with Crippen molar-refractivity contribution in [3.05, 3.63) is 17.7 Å². The molecule has 0 aliphatic carbocycles. The number of hydrogen-bond acceptors (Lipinski definition) is 5. The molecule has 7 heteroatoms. The van der Waals surface area contributed by atoms with Crippen molar-refractivity contribution in [1.82, 2.24) is 4.31 Å². The third kappa shape index (κ3) is 2.61. The van der Waals surface area contributed by atoms with Gasteiger partial charge in [-0.15, -0.1) is 0 Å². The first-order valence-corrected chi connectivity index (χ1v) is 7.78. The van der Waals surface area contributed by atoms with Crippen LogP contribution in [0.5, 0.6) is 5.75 Å². The standard InChI is InChI=1S/C13H20N2O4S/c1-9-6-11(19-3)12(7-10(9)14)20(17,18)15-5-4-13(2,16)8-15/h6-7,16H,4-5,8,14H2,1-3H3. The van der Waals surface area contributed by atoms with Gasteiger partial charge in [-0.05, 0) is 38.0 Å². The van der Waals surface area contributed by atoms with Gasteiger partial charge in [0.25, 0.3) is 0 Å². The van der Waals surface area contributed by atoms with E-state index in [1.54, 1.807) is 19.9 Å². The lowest BCUT2D eigenvalue weighted by atomic mass is 10.1. The average molecular weight is 300 g/mol. The van der Waals surface area contributed by atoms with E-state index >= 15 is 0 Å². The molecule has 1 aromatic carbocycles. The quantitative estimate of drug-likeness (QED) is 0.803. The Morgan fingerprint density at radius 2 is 2.10 bits per heavy atom. The topological polar surface area (TPSA) is 92.9 Å². The Bertz CT molecular complexity index is 626. The molecular weight excluding hydrogens is 280 g/mol. The molecule has 3 N–H and O–H groups in total.